The van der Waals surface area contributed by atoms with Gasteiger partial charge in [0.15, 0.2) is 0 Å². The molecule has 0 radical (unpaired) electrons. The predicted octanol–water partition coefficient (Wildman–Crippen LogP) is 3.96. The first-order valence-corrected chi connectivity index (χ1v) is 8.41. The monoisotopic (exact) mass is 331 g/mol. The molecule has 0 spiro atoms. The van der Waals surface area contributed by atoms with Crippen LogP contribution >= 0.6 is 27.3 Å². The number of halogens is 1. The van der Waals surface area contributed by atoms with E-state index >= 15 is 0 Å². The SMILES string of the molecule is CC(NCC1CCCCC1CO)c1ccc(Br)s1. The van der Waals surface area contributed by atoms with Gasteiger partial charge >= 0.3 is 0 Å². The van der Waals surface area contributed by atoms with Gasteiger partial charge in [0.1, 0.15) is 0 Å². The highest BCUT2D eigenvalue weighted by atomic mass is 79.9. The molecule has 0 saturated heterocycles. The third kappa shape index (κ3) is 3.80. The fourth-order valence-electron chi connectivity index (χ4n) is 2.78. The van der Waals surface area contributed by atoms with E-state index in [4.69, 9.17) is 0 Å². The van der Waals surface area contributed by atoms with Crippen LogP contribution in [0.25, 0.3) is 0 Å². The van der Waals surface area contributed by atoms with E-state index in [0.717, 1.165) is 6.54 Å². The van der Waals surface area contributed by atoms with E-state index in [9.17, 15) is 5.11 Å². The summed E-state index contributed by atoms with van der Waals surface area (Å²) in [5.74, 6) is 1.16. The average Bonchev–Trinajstić information content (AvgIpc) is 2.83. The number of hydrogen-bond acceptors (Lipinski definition) is 3. The van der Waals surface area contributed by atoms with Gasteiger partial charge in [-0.3, -0.25) is 0 Å². The largest absolute Gasteiger partial charge is 0.396 e. The number of thiophene rings is 1. The summed E-state index contributed by atoms with van der Waals surface area (Å²) in [6.45, 7) is 3.60. The molecule has 3 unspecified atom stereocenters. The molecule has 4 heteroatoms. The van der Waals surface area contributed by atoms with Gasteiger partial charge in [-0.15, -0.1) is 11.3 Å². The van der Waals surface area contributed by atoms with Crippen LogP contribution in [0.2, 0.25) is 0 Å². The Bertz CT molecular complexity index is 368. The predicted molar refractivity (Wildman–Crippen MR) is 81.0 cm³/mol. The molecule has 102 valence electrons. The Kier molecular flexibility index (Phi) is 5.67. The summed E-state index contributed by atoms with van der Waals surface area (Å²) in [5, 5.41) is 13.0. The normalized spacial score (nSPS) is 26.2. The topological polar surface area (TPSA) is 32.3 Å². The van der Waals surface area contributed by atoms with Gasteiger partial charge in [-0.2, -0.15) is 0 Å². The molecule has 0 aromatic carbocycles. The van der Waals surface area contributed by atoms with E-state index in [0.29, 0.717) is 24.5 Å². The first kappa shape index (κ1) is 14.5. The van der Waals surface area contributed by atoms with Gasteiger partial charge in [0.25, 0.3) is 0 Å². The smallest absolute Gasteiger partial charge is 0.0701 e. The summed E-state index contributed by atoms with van der Waals surface area (Å²) < 4.78 is 1.19. The van der Waals surface area contributed by atoms with Crippen molar-refractivity contribution in [3.63, 3.8) is 0 Å². The van der Waals surface area contributed by atoms with Crippen LogP contribution in [-0.4, -0.2) is 18.3 Å². The van der Waals surface area contributed by atoms with Crippen molar-refractivity contribution in [2.24, 2.45) is 11.8 Å². The quantitative estimate of drug-likeness (QED) is 0.855. The highest BCUT2D eigenvalue weighted by Gasteiger charge is 2.24. The van der Waals surface area contributed by atoms with Crippen molar-refractivity contribution in [2.75, 3.05) is 13.2 Å². The lowest BCUT2D eigenvalue weighted by Gasteiger charge is -2.31. The molecule has 2 N–H and O–H groups in total. The summed E-state index contributed by atoms with van der Waals surface area (Å²) >= 11 is 5.30. The van der Waals surface area contributed by atoms with E-state index in [-0.39, 0.29) is 0 Å². The Morgan fingerprint density at radius 3 is 2.72 bits per heavy atom. The van der Waals surface area contributed by atoms with Crippen LogP contribution < -0.4 is 5.32 Å². The van der Waals surface area contributed by atoms with E-state index in [1.165, 1.54) is 34.3 Å². The Balaban J connectivity index is 1.83. The van der Waals surface area contributed by atoms with Crippen LogP contribution in [0.15, 0.2) is 15.9 Å². The third-order valence-electron chi connectivity index (χ3n) is 4.01. The molecule has 0 aliphatic heterocycles. The van der Waals surface area contributed by atoms with Gasteiger partial charge < -0.3 is 10.4 Å². The highest BCUT2D eigenvalue weighted by Crippen LogP contribution is 2.31. The summed E-state index contributed by atoms with van der Waals surface area (Å²) in [5.41, 5.74) is 0. The molecule has 1 aromatic heterocycles. The Morgan fingerprint density at radius 2 is 2.11 bits per heavy atom. The first-order chi connectivity index (χ1) is 8.70. The minimum Gasteiger partial charge on any atom is -0.396 e. The molecule has 3 atom stereocenters. The zero-order valence-corrected chi connectivity index (χ0v) is 13.3. The number of hydrogen-bond donors (Lipinski definition) is 2. The van der Waals surface area contributed by atoms with Crippen LogP contribution in [0.5, 0.6) is 0 Å². The van der Waals surface area contributed by atoms with Gasteiger partial charge in [0.05, 0.1) is 3.79 Å². The standard InChI is InChI=1S/C14H22BrNOS/c1-10(13-6-7-14(15)18-13)16-8-11-4-2-3-5-12(11)9-17/h6-7,10-12,16-17H,2-5,8-9H2,1H3. The molecule has 1 fully saturated rings. The fourth-order valence-corrected chi connectivity index (χ4v) is 4.23. The first-order valence-electron chi connectivity index (χ1n) is 6.80. The molecule has 1 aliphatic carbocycles. The van der Waals surface area contributed by atoms with Crippen molar-refractivity contribution in [2.45, 2.75) is 38.6 Å². The molecule has 1 aromatic rings. The second kappa shape index (κ2) is 7.04. The summed E-state index contributed by atoms with van der Waals surface area (Å²) in [6.07, 6.45) is 5.07. The van der Waals surface area contributed by atoms with Crippen LogP contribution in [0.3, 0.4) is 0 Å². The average molecular weight is 332 g/mol. The molecule has 1 heterocycles. The van der Waals surface area contributed by atoms with Crippen LogP contribution in [0, 0.1) is 11.8 Å². The molecule has 1 saturated carbocycles. The Hall–Kier alpha value is 0.1000. The molecule has 2 rings (SSSR count). The zero-order chi connectivity index (χ0) is 13.0. The van der Waals surface area contributed by atoms with Crippen molar-refractivity contribution in [1.82, 2.24) is 5.32 Å². The second-order valence-electron chi connectivity index (χ2n) is 5.26. The van der Waals surface area contributed by atoms with Crippen molar-refractivity contribution in [1.29, 1.82) is 0 Å². The number of rotatable bonds is 5. The van der Waals surface area contributed by atoms with Crippen LogP contribution in [-0.2, 0) is 0 Å². The second-order valence-corrected chi connectivity index (χ2v) is 7.75. The summed E-state index contributed by atoms with van der Waals surface area (Å²) in [4.78, 5) is 1.37. The number of aliphatic hydroxyl groups is 1. The number of nitrogens with one attached hydrogen (secondary N) is 1. The summed E-state index contributed by atoms with van der Waals surface area (Å²) in [6, 6.07) is 4.69. The van der Waals surface area contributed by atoms with Gasteiger partial charge in [0.2, 0.25) is 0 Å². The van der Waals surface area contributed by atoms with Crippen molar-refractivity contribution < 1.29 is 5.11 Å². The zero-order valence-electron chi connectivity index (χ0n) is 10.9. The van der Waals surface area contributed by atoms with E-state index in [2.05, 4.69) is 40.3 Å². The van der Waals surface area contributed by atoms with Gasteiger partial charge in [-0.05, 0) is 66.2 Å². The van der Waals surface area contributed by atoms with Crippen molar-refractivity contribution >= 4 is 27.3 Å². The molecular weight excluding hydrogens is 310 g/mol. The van der Waals surface area contributed by atoms with E-state index in [1.54, 1.807) is 11.3 Å². The van der Waals surface area contributed by atoms with Crippen molar-refractivity contribution in [3.05, 3.63) is 20.8 Å². The third-order valence-corrected chi connectivity index (χ3v) is 5.81. The molecular formula is C14H22BrNOS. The maximum absolute atomic E-state index is 9.42. The molecule has 0 amide bonds. The molecule has 2 nitrogen and oxygen atoms in total. The maximum Gasteiger partial charge on any atom is 0.0701 e. The lowest BCUT2D eigenvalue weighted by atomic mass is 9.79. The minimum atomic E-state index is 0.352. The van der Waals surface area contributed by atoms with Gasteiger partial charge in [-0.1, -0.05) is 12.8 Å². The number of aliphatic hydroxyl groups excluding tert-OH is 1. The lowest BCUT2D eigenvalue weighted by molar-refractivity contribution is 0.131. The fraction of sp³-hybridized carbons (Fsp3) is 0.714. The Morgan fingerprint density at radius 1 is 1.39 bits per heavy atom. The van der Waals surface area contributed by atoms with Gasteiger partial charge in [0, 0.05) is 17.5 Å². The summed E-state index contributed by atoms with van der Waals surface area (Å²) in [7, 11) is 0. The van der Waals surface area contributed by atoms with Gasteiger partial charge in [-0.25, -0.2) is 0 Å². The van der Waals surface area contributed by atoms with E-state index < -0.39 is 0 Å². The molecule has 0 bridgehead atoms. The minimum absolute atomic E-state index is 0.352. The van der Waals surface area contributed by atoms with E-state index in [1.807, 2.05) is 0 Å². The highest BCUT2D eigenvalue weighted by molar-refractivity contribution is 9.11. The van der Waals surface area contributed by atoms with Crippen LogP contribution in [0.4, 0.5) is 0 Å². The van der Waals surface area contributed by atoms with Crippen molar-refractivity contribution in [3.8, 4) is 0 Å². The molecule has 18 heavy (non-hydrogen) atoms. The molecule has 1 aliphatic rings. The maximum atomic E-state index is 9.42. The lowest BCUT2D eigenvalue weighted by Crippen LogP contribution is -2.33. The van der Waals surface area contributed by atoms with Crippen LogP contribution in [0.1, 0.15) is 43.5 Å². The Labute approximate surface area is 122 Å².